The molecule has 1 N–H and O–H groups in total. The molecule has 88 valence electrons. The van der Waals surface area contributed by atoms with Gasteiger partial charge in [-0.1, -0.05) is 59.7 Å². The summed E-state index contributed by atoms with van der Waals surface area (Å²) in [5.41, 5.74) is 5.33. The minimum Gasteiger partial charge on any atom is -0.309 e. The Kier molecular flexibility index (Phi) is 3.94. The van der Waals surface area contributed by atoms with Crippen LogP contribution in [0.15, 0.2) is 48.5 Å². The molecular formula is C16H19N. The van der Waals surface area contributed by atoms with E-state index in [2.05, 4.69) is 67.7 Å². The van der Waals surface area contributed by atoms with Crippen molar-refractivity contribution in [3.8, 4) is 0 Å². The zero-order chi connectivity index (χ0) is 12.1. The molecule has 0 spiro atoms. The van der Waals surface area contributed by atoms with Crippen LogP contribution in [0.3, 0.4) is 0 Å². The van der Waals surface area contributed by atoms with E-state index in [-0.39, 0.29) is 0 Å². The Balaban J connectivity index is 1.87. The molecule has 1 heteroatoms. The van der Waals surface area contributed by atoms with Crippen molar-refractivity contribution < 1.29 is 0 Å². The fourth-order valence-electron chi connectivity index (χ4n) is 2.00. The van der Waals surface area contributed by atoms with Gasteiger partial charge in [0.05, 0.1) is 0 Å². The van der Waals surface area contributed by atoms with Crippen LogP contribution in [-0.2, 0) is 13.1 Å². The highest BCUT2D eigenvalue weighted by Gasteiger charge is 1.95. The van der Waals surface area contributed by atoms with Crippen LogP contribution in [0.5, 0.6) is 0 Å². The highest BCUT2D eigenvalue weighted by Crippen LogP contribution is 2.06. The monoisotopic (exact) mass is 225 g/mol. The molecular weight excluding hydrogens is 206 g/mol. The summed E-state index contributed by atoms with van der Waals surface area (Å²) in [6.07, 6.45) is 0. The zero-order valence-electron chi connectivity index (χ0n) is 10.5. The predicted molar refractivity (Wildman–Crippen MR) is 72.9 cm³/mol. The molecule has 0 heterocycles. The van der Waals surface area contributed by atoms with Crippen LogP contribution in [0.4, 0.5) is 0 Å². The van der Waals surface area contributed by atoms with Gasteiger partial charge >= 0.3 is 0 Å². The highest BCUT2D eigenvalue weighted by molar-refractivity contribution is 5.23. The third kappa shape index (κ3) is 3.72. The zero-order valence-corrected chi connectivity index (χ0v) is 10.5. The Morgan fingerprint density at radius 2 is 1.24 bits per heavy atom. The van der Waals surface area contributed by atoms with Gasteiger partial charge in [0.2, 0.25) is 0 Å². The van der Waals surface area contributed by atoms with Crippen LogP contribution in [0.25, 0.3) is 0 Å². The summed E-state index contributed by atoms with van der Waals surface area (Å²) in [7, 11) is 0. The van der Waals surface area contributed by atoms with Gasteiger partial charge in [0.15, 0.2) is 0 Å². The Hall–Kier alpha value is -1.60. The van der Waals surface area contributed by atoms with Gasteiger partial charge in [-0.05, 0) is 25.0 Å². The molecule has 0 atom stereocenters. The van der Waals surface area contributed by atoms with Gasteiger partial charge in [0, 0.05) is 13.1 Å². The predicted octanol–water partition coefficient (Wildman–Crippen LogP) is 3.59. The number of nitrogens with one attached hydrogen (secondary N) is 1. The van der Waals surface area contributed by atoms with Crippen molar-refractivity contribution in [3.05, 3.63) is 70.8 Å². The molecule has 0 radical (unpaired) electrons. The molecule has 0 bridgehead atoms. The van der Waals surface area contributed by atoms with Gasteiger partial charge < -0.3 is 5.32 Å². The number of benzene rings is 2. The van der Waals surface area contributed by atoms with Crippen molar-refractivity contribution in [2.75, 3.05) is 0 Å². The van der Waals surface area contributed by atoms with Crippen molar-refractivity contribution in [1.29, 1.82) is 0 Å². The molecule has 0 saturated carbocycles. The molecule has 0 aliphatic rings. The van der Waals surface area contributed by atoms with Crippen molar-refractivity contribution in [2.24, 2.45) is 0 Å². The first kappa shape index (κ1) is 11.9. The minimum absolute atomic E-state index is 0.926. The maximum Gasteiger partial charge on any atom is 0.0208 e. The molecule has 1 nitrogen and oxygen atoms in total. The highest BCUT2D eigenvalue weighted by atomic mass is 14.8. The van der Waals surface area contributed by atoms with Crippen LogP contribution in [0.1, 0.15) is 22.3 Å². The molecule has 17 heavy (non-hydrogen) atoms. The van der Waals surface area contributed by atoms with Crippen LogP contribution >= 0.6 is 0 Å². The van der Waals surface area contributed by atoms with Crippen LogP contribution in [-0.4, -0.2) is 0 Å². The maximum atomic E-state index is 3.47. The molecule has 0 amide bonds. The summed E-state index contributed by atoms with van der Waals surface area (Å²) >= 11 is 0. The van der Waals surface area contributed by atoms with Gasteiger partial charge in [-0.15, -0.1) is 0 Å². The second-order valence-electron chi connectivity index (χ2n) is 4.58. The quantitative estimate of drug-likeness (QED) is 0.838. The van der Waals surface area contributed by atoms with Gasteiger partial charge in [-0.25, -0.2) is 0 Å². The molecule has 2 aromatic rings. The number of rotatable bonds is 4. The summed E-state index contributed by atoms with van der Waals surface area (Å²) in [4.78, 5) is 0. The average Bonchev–Trinajstić information content (AvgIpc) is 2.29. The van der Waals surface area contributed by atoms with E-state index < -0.39 is 0 Å². The van der Waals surface area contributed by atoms with E-state index in [9.17, 15) is 0 Å². The van der Waals surface area contributed by atoms with Crippen molar-refractivity contribution in [2.45, 2.75) is 26.9 Å². The van der Waals surface area contributed by atoms with Crippen LogP contribution in [0.2, 0.25) is 0 Å². The average molecular weight is 225 g/mol. The molecule has 0 fully saturated rings. The lowest BCUT2D eigenvalue weighted by molar-refractivity contribution is 0.692. The molecule has 2 rings (SSSR count). The fourth-order valence-corrected chi connectivity index (χ4v) is 2.00. The molecule has 2 aromatic carbocycles. The Bertz CT molecular complexity index is 443. The molecule has 0 aromatic heterocycles. The normalized spacial score (nSPS) is 10.5. The molecule has 0 unspecified atom stereocenters. The van der Waals surface area contributed by atoms with E-state index in [0.717, 1.165) is 13.1 Å². The fraction of sp³-hybridized carbons (Fsp3) is 0.250. The van der Waals surface area contributed by atoms with E-state index >= 15 is 0 Å². The summed E-state index contributed by atoms with van der Waals surface area (Å²) in [6, 6.07) is 17.3. The van der Waals surface area contributed by atoms with E-state index in [0.29, 0.717) is 0 Å². The third-order valence-electron chi connectivity index (χ3n) is 2.82. The summed E-state index contributed by atoms with van der Waals surface area (Å²) in [5, 5.41) is 3.47. The number of aryl methyl sites for hydroxylation is 2. The first-order valence-electron chi connectivity index (χ1n) is 6.06. The topological polar surface area (TPSA) is 12.0 Å². The Labute approximate surface area is 103 Å². The van der Waals surface area contributed by atoms with Crippen molar-refractivity contribution in [3.63, 3.8) is 0 Å². The molecule has 0 aliphatic carbocycles. The van der Waals surface area contributed by atoms with E-state index in [1.807, 2.05) is 0 Å². The van der Waals surface area contributed by atoms with Crippen molar-refractivity contribution in [1.82, 2.24) is 5.32 Å². The van der Waals surface area contributed by atoms with Gasteiger partial charge in [-0.2, -0.15) is 0 Å². The van der Waals surface area contributed by atoms with Gasteiger partial charge in [0.25, 0.3) is 0 Å². The van der Waals surface area contributed by atoms with Gasteiger partial charge in [0.1, 0.15) is 0 Å². The summed E-state index contributed by atoms with van der Waals surface area (Å²) < 4.78 is 0. The van der Waals surface area contributed by atoms with Crippen molar-refractivity contribution >= 4 is 0 Å². The standard InChI is InChI=1S/C16H19N/c1-13-5-3-7-15(9-13)11-17-12-16-8-4-6-14(2)10-16/h3-10,17H,11-12H2,1-2H3. The lowest BCUT2D eigenvalue weighted by atomic mass is 10.1. The smallest absolute Gasteiger partial charge is 0.0208 e. The third-order valence-corrected chi connectivity index (χ3v) is 2.82. The van der Waals surface area contributed by atoms with Crippen LogP contribution < -0.4 is 5.32 Å². The first-order valence-corrected chi connectivity index (χ1v) is 6.06. The van der Waals surface area contributed by atoms with Gasteiger partial charge in [-0.3, -0.25) is 0 Å². The Morgan fingerprint density at radius 1 is 0.765 bits per heavy atom. The summed E-state index contributed by atoms with van der Waals surface area (Å²) in [6.45, 7) is 6.11. The molecule has 0 saturated heterocycles. The van der Waals surface area contributed by atoms with E-state index in [4.69, 9.17) is 0 Å². The van der Waals surface area contributed by atoms with Crippen LogP contribution in [0, 0.1) is 13.8 Å². The SMILES string of the molecule is Cc1cccc(CNCc2cccc(C)c2)c1. The first-order chi connectivity index (χ1) is 8.24. The Morgan fingerprint density at radius 3 is 1.65 bits per heavy atom. The largest absolute Gasteiger partial charge is 0.309 e. The molecule has 0 aliphatic heterocycles. The lowest BCUT2D eigenvalue weighted by Crippen LogP contribution is -2.12. The summed E-state index contributed by atoms with van der Waals surface area (Å²) in [5.74, 6) is 0. The number of hydrogen-bond donors (Lipinski definition) is 1. The minimum atomic E-state index is 0.926. The lowest BCUT2D eigenvalue weighted by Gasteiger charge is -2.06. The second kappa shape index (κ2) is 5.65. The maximum absolute atomic E-state index is 3.47. The van der Waals surface area contributed by atoms with E-state index in [1.165, 1.54) is 22.3 Å². The number of hydrogen-bond acceptors (Lipinski definition) is 1. The van der Waals surface area contributed by atoms with E-state index in [1.54, 1.807) is 0 Å². The second-order valence-corrected chi connectivity index (χ2v) is 4.58.